The van der Waals surface area contributed by atoms with E-state index in [1.54, 1.807) is 6.92 Å². The van der Waals surface area contributed by atoms with Crippen molar-refractivity contribution in [3.8, 4) is 0 Å². The van der Waals surface area contributed by atoms with Crippen molar-refractivity contribution in [2.75, 3.05) is 13.1 Å². The fourth-order valence-electron chi connectivity index (χ4n) is 1.84. The molecule has 0 bridgehead atoms. The van der Waals surface area contributed by atoms with Crippen molar-refractivity contribution in [1.29, 1.82) is 0 Å². The van der Waals surface area contributed by atoms with E-state index < -0.39 is 5.60 Å². The highest BCUT2D eigenvalue weighted by Gasteiger charge is 2.30. The number of aliphatic hydroxyl groups excluding tert-OH is 1. The SMILES string of the molecule is CC(O)CCNCC1(O)CCCC1. The monoisotopic (exact) mass is 187 g/mol. The average molecular weight is 187 g/mol. The lowest BCUT2D eigenvalue weighted by atomic mass is 10.0. The molecule has 1 aliphatic rings. The summed E-state index contributed by atoms with van der Waals surface area (Å²) < 4.78 is 0. The van der Waals surface area contributed by atoms with Crippen LogP contribution in [0.3, 0.4) is 0 Å². The van der Waals surface area contributed by atoms with Gasteiger partial charge in [0.2, 0.25) is 0 Å². The topological polar surface area (TPSA) is 52.5 Å². The molecule has 0 spiro atoms. The van der Waals surface area contributed by atoms with Crippen LogP contribution in [0.4, 0.5) is 0 Å². The smallest absolute Gasteiger partial charge is 0.0771 e. The third-order valence-electron chi connectivity index (χ3n) is 2.73. The highest BCUT2D eigenvalue weighted by molar-refractivity contribution is 4.86. The Hall–Kier alpha value is -0.120. The number of hydrogen-bond acceptors (Lipinski definition) is 3. The van der Waals surface area contributed by atoms with E-state index in [0.29, 0.717) is 6.54 Å². The molecule has 1 saturated carbocycles. The molecule has 1 rings (SSSR count). The lowest BCUT2D eigenvalue weighted by molar-refractivity contribution is 0.0468. The Bertz CT molecular complexity index is 142. The van der Waals surface area contributed by atoms with E-state index in [2.05, 4.69) is 5.32 Å². The van der Waals surface area contributed by atoms with Crippen LogP contribution in [0.1, 0.15) is 39.0 Å². The largest absolute Gasteiger partial charge is 0.393 e. The number of nitrogens with one attached hydrogen (secondary N) is 1. The Balaban J connectivity index is 2.04. The molecule has 1 aliphatic carbocycles. The second-order valence-electron chi connectivity index (χ2n) is 4.25. The van der Waals surface area contributed by atoms with Crippen LogP contribution in [0, 0.1) is 0 Å². The van der Waals surface area contributed by atoms with Crippen molar-refractivity contribution < 1.29 is 10.2 Å². The van der Waals surface area contributed by atoms with Crippen molar-refractivity contribution in [2.45, 2.75) is 50.7 Å². The van der Waals surface area contributed by atoms with Gasteiger partial charge in [-0.3, -0.25) is 0 Å². The molecule has 3 nitrogen and oxygen atoms in total. The summed E-state index contributed by atoms with van der Waals surface area (Å²) in [6, 6.07) is 0. The predicted molar refractivity (Wildman–Crippen MR) is 52.6 cm³/mol. The number of rotatable bonds is 5. The molecule has 1 unspecified atom stereocenters. The van der Waals surface area contributed by atoms with Crippen LogP contribution in [-0.2, 0) is 0 Å². The van der Waals surface area contributed by atoms with E-state index in [4.69, 9.17) is 5.11 Å². The molecule has 0 amide bonds. The average Bonchev–Trinajstić information content (AvgIpc) is 2.47. The van der Waals surface area contributed by atoms with Gasteiger partial charge in [0.25, 0.3) is 0 Å². The molecule has 1 fully saturated rings. The zero-order valence-electron chi connectivity index (χ0n) is 8.42. The van der Waals surface area contributed by atoms with Crippen LogP contribution >= 0.6 is 0 Å². The maximum absolute atomic E-state index is 9.93. The summed E-state index contributed by atoms with van der Waals surface area (Å²) in [5.41, 5.74) is -0.460. The summed E-state index contributed by atoms with van der Waals surface area (Å²) in [6.45, 7) is 3.26. The quantitative estimate of drug-likeness (QED) is 0.554. The van der Waals surface area contributed by atoms with E-state index in [1.807, 2.05) is 0 Å². The Morgan fingerprint density at radius 1 is 1.38 bits per heavy atom. The van der Waals surface area contributed by atoms with Gasteiger partial charge < -0.3 is 15.5 Å². The molecule has 0 aromatic rings. The van der Waals surface area contributed by atoms with Crippen LogP contribution in [0.2, 0.25) is 0 Å². The summed E-state index contributed by atoms with van der Waals surface area (Å²) in [5.74, 6) is 0. The maximum atomic E-state index is 9.93. The second-order valence-corrected chi connectivity index (χ2v) is 4.25. The lowest BCUT2D eigenvalue weighted by Crippen LogP contribution is -2.38. The van der Waals surface area contributed by atoms with Gasteiger partial charge in [-0.05, 0) is 32.7 Å². The maximum Gasteiger partial charge on any atom is 0.0771 e. The third-order valence-corrected chi connectivity index (χ3v) is 2.73. The molecule has 3 heteroatoms. The first-order valence-corrected chi connectivity index (χ1v) is 5.24. The van der Waals surface area contributed by atoms with Gasteiger partial charge >= 0.3 is 0 Å². The van der Waals surface area contributed by atoms with Crippen LogP contribution in [0.25, 0.3) is 0 Å². The molecule has 1 atom stereocenters. The Morgan fingerprint density at radius 2 is 2.00 bits per heavy atom. The van der Waals surface area contributed by atoms with Crippen LogP contribution in [0.15, 0.2) is 0 Å². The van der Waals surface area contributed by atoms with Crippen molar-refractivity contribution in [2.24, 2.45) is 0 Å². The number of hydrogen-bond donors (Lipinski definition) is 3. The molecule has 0 saturated heterocycles. The van der Waals surface area contributed by atoms with Gasteiger partial charge in [-0.25, -0.2) is 0 Å². The summed E-state index contributed by atoms with van der Waals surface area (Å²) >= 11 is 0. The second kappa shape index (κ2) is 4.94. The predicted octanol–water partition coefficient (Wildman–Crippen LogP) is 0.652. The summed E-state index contributed by atoms with van der Waals surface area (Å²) in [5, 5.41) is 22.1. The summed E-state index contributed by atoms with van der Waals surface area (Å²) in [4.78, 5) is 0. The molecule has 0 heterocycles. The Kier molecular flexibility index (Phi) is 4.16. The van der Waals surface area contributed by atoms with Crippen LogP contribution in [0.5, 0.6) is 0 Å². The van der Waals surface area contributed by atoms with Crippen molar-refractivity contribution in [1.82, 2.24) is 5.32 Å². The van der Waals surface area contributed by atoms with E-state index in [-0.39, 0.29) is 6.10 Å². The summed E-state index contributed by atoms with van der Waals surface area (Å²) in [6.07, 6.45) is 4.66. The van der Waals surface area contributed by atoms with Crippen molar-refractivity contribution >= 4 is 0 Å². The zero-order valence-corrected chi connectivity index (χ0v) is 8.42. The fourth-order valence-corrected chi connectivity index (χ4v) is 1.84. The van der Waals surface area contributed by atoms with E-state index in [9.17, 15) is 5.11 Å². The number of aliphatic hydroxyl groups is 2. The van der Waals surface area contributed by atoms with E-state index in [1.165, 1.54) is 0 Å². The van der Waals surface area contributed by atoms with Gasteiger partial charge in [-0.1, -0.05) is 12.8 Å². The third kappa shape index (κ3) is 4.07. The molecule has 0 aromatic heterocycles. The minimum absolute atomic E-state index is 0.245. The fraction of sp³-hybridized carbons (Fsp3) is 1.00. The van der Waals surface area contributed by atoms with Crippen LogP contribution < -0.4 is 5.32 Å². The molecule has 3 N–H and O–H groups in total. The molecular formula is C10H21NO2. The molecule has 0 radical (unpaired) electrons. The van der Waals surface area contributed by atoms with Crippen molar-refractivity contribution in [3.05, 3.63) is 0 Å². The summed E-state index contributed by atoms with van der Waals surface area (Å²) in [7, 11) is 0. The lowest BCUT2D eigenvalue weighted by Gasteiger charge is -2.22. The normalized spacial score (nSPS) is 23.3. The van der Waals surface area contributed by atoms with E-state index >= 15 is 0 Å². The Morgan fingerprint density at radius 3 is 2.54 bits per heavy atom. The highest BCUT2D eigenvalue weighted by atomic mass is 16.3. The first-order chi connectivity index (χ1) is 6.12. The molecular weight excluding hydrogens is 166 g/mol. The van der Waals surface area contributed by atoms with Gasteiger partial charge in [0.1, 0.15) is 0 Å². The Labute approximate surface area is 80.2 Å². The van der Waals surface area contributed by atoms with Crippen molar-refractivity contribution in [3.63, 3.8) is 0 Å². The molecule has 13 heavy (non-hydrogen) atoms. The molecule has 78 valence electrons. The molecule has 0 aromatic carbocycles. The van der Waals surface area contributed by atoms with E-state index in [0.717, 1.165) is 38.6 Å². The van der Waals surface area contributed by atoms with Gasteiger partial charge in [-0.2, -0.15) is 0 Å². The van der Waals surface area contributed by atoms with Gasteiger partial charge in [0, 0.05) is 6.54 Å². The van der Waals surface area contributed by atoms with Gasteiger partial charge in [0.15, 0.2) is 0 Å². The minimum Gasteiger partial charge on any atom is -0.393 e. The highest BCUT2D eigenvalue weighted by Crippen LogP contribution is 2.28. The van der Waals surface area contributed by atoms with Gasteiger partial charge in [-0.15, -0.1) is 0 Å². The van der Waals surface area contributed by atoms with Crippen LogP contribution in [-0.4, -0.2) is 35.0 Å². The molecule has 0 aliphatic heterocycles. The standard InChI is InChI=1S/C10H21NO2/c1-9(12)4-7-11-8-10(13)5-2-3-6-10/h9,11-13H,2-8H2,1H3. The first-order valence-electron chi connectivity index (χ1n) is 5.24. The zero-order chi connectivity index (χ0) is 9.73. The van der Waals surface area contributed by atoms with Gasteiger partial charge in [0.05, 0.1) is 11.7 Å². The minimum atomic E-state index is -0.460. The first kappa shape index (κ1) is 11.0.